The number of aromatic nitrogens is 3. The lowest BCUT2D eigenvalue weighted by Crippen LogP contribution is -2.49. The van der Waals surface area contributed by atoms with Crippen molar-refractivity contribution in [1.82, 2.24) is 19.4 Å². The molecular formula is C22H22BrClFN5O3. The zero-order valence-corrected chi connectivity index (χ0v) is 20.6. The minimum absolute atomic E-state index is 0.0813. The maximum atomic E-state index is 14.5. The summed E-state index contributed by atoms with van der Waals surface area (Å²) in [4.78, 5) is 36.3. The summed E-state index contributed by atoms with van der Waals surface area (Å²) in [5.41, 5.74) is 1.98. The molecule has 3 aromatic rings. The Hall–Kier alpha value is -2.72. The van der Waals surface area contributed by atoms with Gasteiger partial charge in [0.1, 0.15) is 5.82 Å². The Kier molecular flexibility index (Phi) is 6.32. The molecule has 1 amide bonds. The van der Waals surface area contributed by atoms with Gasteiger partial charge in [0.15, 0.2) is 16.6 Å². The Labute approximate surface area is 202 Å². The molecule has 0 bridgehead atoms. The predicted molar refractivity (Wildman–Crippen MR) is 128 cm³/mol. The predicted octanol–water partition coefficient (Wildman–Crippen LogP) is 4.57. The van der Waals surface area contributed by atoms with Gasteiger partial charge in [-0.2, -0.15) is 4.98 Å². The van der Waals surface area contributed by atoms with Crippen molar-refractivity contribution in [2.24, 2.45) is 0 Å². The van der Waals surface area contributed by atoms with Crippen LogP contribution in [0.1, 0.15) is 30.9 Å². The van der Waals surface area contributed by atoms with Crippen molar-refractivity contribution in [3.8, 4) is 5.69 Å². The van der Waals surface area contributed by atoms with Crippen molar-refractivity contribution in [3.05, 3.63) is 55.3 Å². The molecule has 174 valence electrons. The van der Waals surface area contributed by atoms with Crippen LogP contribution in [0.25, 0.3) is 16.7 Å². The van der Waals surface area contributed by atoms with Gasteiger partial charge in [-0.25, -0.2) is 23.5 Å². The van der Waals surface area contributed by atoms with Crippen molar-refractivity contribution in [2.45, 2.75) is 26.7 Å². The number of benzene rings is 1. The number of aryl methyl sites for hydroxylation is 1. The molecule has 1 aromatic carbocycles. The summed E-state index contributed by atoms with van der Waals surface area (Å²) in [6.45, 7) is 7.04. The van der Waals surface area contributed by atoms with Crippen LogP contribution in [0.3, 0.4) is 0 Å². The normalized spacial score (nSPS) is 14.4. The SMILES string of the molecule is Cc1cc(Br)cc(C(C)C)c1-n1c(=O)nc(N2CCN(C(=O)O)CC2)c2cc(F)c(Cl)nc21. The molecule has 33 heavy (non-hydrogen) atoms. The highest BCUT2D eigenvalue weighted by Gasteiger charge is 2.26. The van der Waals surface area contributed by atoms with Gasteiger partial charge in [-0.05, 0) is 42.2 Å². The molecule has 1 N–H and O–H groups in total. The number of fused-ring (bicyclic) bond motifs is 1. The van der Waals surface area contributed by atoms with Crippen LogP contribution in [0.15, 0.2) is 27.5 Å². The summed E-state index contributed by atoms with van der Waals surface area (Å²) < 4.78 is 16.8. The Morgan fingerprint density at radius 2 is 1.85 bits per heavy atom. The number of piperazine rings is 1. The van der Waals surface area contributed by atoms with Gasteiger partial charge in [0.2, 0.25) is 0 Å². The van der Waals surface area contributed by atoms with E-state index in [9.17, 15) is 19.1 Å². The Morgan fingerprint density at radius 3 is 2.45 bits per heavy atom. The third kappa shape index (κ3) is 4.29. The Morgan fingerprint density at radius 1 is 1.18 bits per heavy atom. The average Bonchev–Trinajstić information content (AvgIpc) is 2.75. The van der Waals surface area contributed by atoms with Crippen LogP contribution in [-0.2, 0) is 0 Å². The Balaban J connectivity index is 1.98. The molecule has 0 unspecified atom stereocenters. The quantitative estimate of drug-likeness (QED) is 0.491. The Bertz CT molecular complexity index is 1320. The molecule has 1 saturated heterocycles. The molecule has 11 heteroatoms. The van der Waals surface area contributed by atoms with E-state index in [0.717, 1.165) is 15.6 Å². The van der Waals surface area contributed by atoms with Gasteiger partial charge in [-0.3, -0.25) is 0 Å². The third-order valence-electron chi connectivity index (χ3n) is 5.75. The maximum absolute atomic E-state index is 14.5. The molecule has 2 aromatic heterocycles. The maximum Gasteiger partial charge on any atom is 0.407 e. The first-order valence-electron chi connectivity index (χ1n) is 10.4. The molecule has 3 heterocycles. The fourth-order valence-electron chi connectivity index (χ4n) is 4.14. The number of nitrogens with zero attached hydrogens (tertiary/aromatic N) is 5. The van der Waals surface area contributed by atoms with E-state index < -0.39 is 17.6 Å². The highest BCUT2D eigenvalue weighted by atomic mass is 79.9. The van der Waals surface area contributed by atoms with Crippen molar-refractivity contribution in [1.29, 1.82) is 0 Å². The van der Waals surface area contributed by atoms with Crippen LogP contribution in [0, 0.1) is 12.7 Å². The number of pyridine rings is 1. The van der Waals surface area contributed by atoms with Gasteiger partial charge in [0.05, 0.1) is 11.1 Å². The molecule has 0 spiro atoms. The van der Waals surface area contributed by atoms with E-state index in [1.165, 1.54) is 15.5 Å². The topological polar surface area (TPSA) is 91.6 Å². The van der Waals surface area contributed by atoms with E-state index in [1.807, 2.05) is 32.9 Å². The molecule has 1 fully saturated rings. The average molecular weight is 539 g/mol. The van der Waals surface area contributed by atoms with Crippen LogP contribution < -0.4 is 10.6 Å². The molecule has 0 saturated carbocycles. The van der Waals surface area contributed by atoms with Gasteiger partial charge in [-0.15, -0.1) is 0 Å². The zero-order valence-electron chi connectivity index (χ0n) is 18.3. The molecular weight excluding hydrogens is 517 g/mol. The number of rotatable bonds is 3. The second-order valence-corrected chi connectivity index (χ2v) is 9.53. The molecule has 8 nitrogen and oxygen atoms in total. The number of anilines is 1. The van der Waals surface area contributed by atoms with Gasteiger partial charge < -0.3 is 14.9 Å². The first-order valence-corrected chi connectivity index (χ1v) is 11.6. The van der Waals surface area contributed by atoms with E-state index in [1.54, 1.807) is 4.90 Å². The van der Waals surface area contributed by atoms with Crippen LogP contribution in [0.2, 0.25) is 5.15 Å². The van der Waals surface area contributed by atoms with E-state index in [2.05, 4.69) is 25.9 Å². The summed E-state index contributed by atoms with van der Waals surface area (Å²) in [6.07, 6.45) is -1.01. The third-order valence-corrected chi connectivity index (χ3v) is 6.47. The number of hydrogen-bond donors (Lipinski definition) is 1. The lowest BCUT2D eigenvalue weighted by molar-refractivity contribution is 0.142. The second-order valence-electron chi connectivity index (χ2n) is 8.26. The smallest absolute Gasteiger partial charge is 0.407 e. The second kappa shape index (κ2) is 8.90. The summed E-state index contributed by atoms with van der Waals surface area (Å²) in [6, 6.07) is 5.06. The van der Waals surface area contributed by atoms with Crippen molar-refractivity contribution in [3.63, 3.8) is 0 Å². The molecule has 1 aliphatic heterocycles. The number of halogens is 3. The fraction of sp³-hybridized carbons (Fsp3) is 0.364. The number of carbonyl (C=O) groups is 1. The molecule has 0 atom stereocenters. The monoisotopic (exact) mass is 537 g/mol. The summed E-state index contributed by atoms with van der Waals surface area (Å²) in [5.74, 6) is -0.378. The molecule has 1 aliphatic rings. The lowest BCUT2D eigenvalue weighted by atomic mass is 9.98. The van der Waals surface area contributed by atoms with Gasteiger partial charge in [0.25, 0.3) is 0 Å². The summed E-state index contributed by atoms with van der Waals surface area (Å²) >= 11 is 9.56. The molecule has 4 rings (SSSR count). The van der Waals surface area contributed by atoms with E-state index in [-0.39, 0.29) is 35.6 Å². The largest absolute Gasteiger partial charge is 0.465 e. The summed E-state index contributed by atoms with van der Waals surface area (Å²) in [7, 11) is 0. The van der Waals surface area contributed by atoms with Crippen molar-refractivity contribution < 1.29 is 14.3 Å². The van der Waals surface area contributed by atoms with E-state index in [4.69, 9.17) is 11.6 Å². The number of amides is 1. The highest BCUT2D eigenvalue weighted by Crippen LogP contribution is 2.33. The lowest BCUT2D eigenvalue weighted by Gasteiger charge is -2.34. The molecule has 0 radical (unpaired) electrons. The van der Waals surface area contributed by atoms with Gasteiger partial charge >= 0.3 is 11.8 Å². The van der Waals surface area contributed by atoms with Crippen LogP contribution >= 0.6 is 27.5 Å². The molecule has 0 aliphatic carbocycles. The van der Waals surface area contributed by atoms with E-state index >= 15 is 0 Å². The standard InChI is InChI=1S/C22H22BrClFN5O3/c1-11(2)14-9-13(23)8-12(3)17(14)30-20-15(10-16(25)18(24)26-20)19(27-21(30)31)28-4-6-29(7-5-28)22(32)33/h8-11H,4-7H2,1-3H3,(H,32,33). The minimum atomic E-state index is -1.01. The number of hydrogen-bond acceptors (Lipinski definition) is 5. The zero-order chi connectivity index (χ0) is 24.0. The summed E-state index contributed by atoms with van der Waals surface area (Å²) in [5, 5.41) is 9.21. The van der Waals surface area contributed by atoms with Crippen molar-refractivity contribution in [2.75, 3.05) is 31.1 Å². The van der Waals surface area contributed by atoms with Crippen molar-refractivity contribution >= 4 is 50.5 Å². The van der Waals surface area contributed by atoms with Crippen LogP contribution in [0.5, 0.6) is 0 Å². The van der Waals surface area contributed by atoms with Gasteiger partial charge in [0, 0.05) is 30.7 Å². The fourth-order valence-corrected chi connectivity index (χ4v) is 4.87. The van der Waals surface area contributed by atoms with Crippen LogP contribution in [-0.4, -0.2) is 56.8 Å². The van der Waals surface area contributed by atoms with Crippen LogP contribution in [0.4, 0.5) is 15.0 Å². The first kappa shape index (κ1) is 23.4. The minimum Gasteiger partial charge on any atom is -0.465 e. The first-order chi connectivity index (χ1) is 15.6. The van der Waals surface area contributed by atoms with E-state index in [0.29, 0.717) is 24.2 Å². The number of carboxylic acid groups (broad SMARTS) is 1. The van der Waals surface area contributed by atoms with Gasteiger partial charge in [-0.1, -0.05) is 41.4 Å². The highest BCUT2D eigenvalue weighted by molar-refractivity contribution is 9.10.